The van der Waals surface area contributed by atoms with E-state index in [0.717, 1.165) is 18.7 Å². The number of thiol groups is 1. The monoisotopic (exact) mass is 187 g/mol. The SMILES string of the molecule is CO/N=C1/CCN(C(=N)CS)C1. The molecule has 1 fully saturated rings. The van der Waals surface area contributed by atoms with Crippen LogP contribution in [0.2, 0.25) is 0 Å². The van der Waals surface area contributed by atoms with Gasteiger partial charge in [-0.25, -0.2) is 0 Å². The molecule has 0 saturated carbocycles. The molecule has 1 rings (SSSR count). The van der Waals surface area contributed by atoms with Crippen LogP contribution in [0.1, 0.15) is 6.42 Å². The fourth-order valence-electron chi connectivity index (χ4n) is 1.18. The molecule has 0 unspecified atom stereocenters. The van der Waals surface area contributed by atoms with Crippen molar-refractivity contribution in [3.05, 3.63) is 0 Å². The highest BCUT2D eigenvalue weighted by molar-refractivity contribution is 7.81. The minimum atomic E-state index is 0.486. The number of rotatable bonds is 2. The topological polar surface area (TPSA) is 48.7 Å². The normalized spacial score (nSPS) is 20.2. The van der Waals surface area contributed by atoms with E-state index < -0.39 is 0 Å². The molecule has 1 aliphatic heterocycles. The van der Waals surface area contributed by atoms with Gasteiger partial charge in [0.2, 0.25) is 0 Å². The van der Waals surface area contributed by atoms with Gasteiger partial charge in [-0.2, -0.15) is 12.6 Å². The van der Waals surface area contributed by atoms with Crippen molar-refractivity contribution in [1.29, 1.82) is 5.41 Å². The van der Waals surface area contributed by atoms with Crippen molar-refractivity contribution >= 4 is 24.2 Å². The molecule has 1 heterocycles. The highest BCUT2D eigenvalue weighted by atomic mass is 32.1. The Morgan fingerprint density at radius 1 is 1.83 bits per heavy atom. The maximum Gasteiger partial charge on any atom is 0.106 e. The molecule has 0 amide bonds. The van der Waals surface area contributed by atoms with Crippen molar-refractivity contribution in [2.75, 3.05) is 26.0 Å². The zero-order chi connectivity index (χ0) is 8.97. The van der Waals surface area contributed by atoms with Gasteiger partial charge in [0.15, 0.2) is 0 Å². The average Bonchev–Trinajstić information content (AvgIpc) is 2.52. The van der Waals surface area contributed by atoms with Crippen LogP contribution in [0.25, 0.3) is 0 Å². The zero-order valence-electron chi connectivity index (χ0n) is 7.08. The van der Waals surface area contributed by atoms with Gasteiger partial charge in [0, 0.05) is 18.7 Å². The predicted octanol–water partition coefficient (Wildman–Crippen LogP) is 0.602. The minimum absolute atomic E-state index is 0.486. The van der Waals surface area contributed by atoms with Crippen LogP contribution >= 0.6 is 12.6 Å². The molecular formula is C7H13N3OS. The van der Waals surface area contributed by atoms with Gasteiger partial charge in [0.25, 0.3) is 0 Å². The Kier molecular flexibility index (Phi) is 3.40. The highest BCUT2D eigenvalue weighted by Gasteiger charge is 2.19. The highest BCUT2D eigenvalue weighted by Crippen LogP contribution is 2.07. The van der Waals surface area contributed by atoms with Gasteiger partial charge in [0.1, 0.15) is 12.9 Å². The largest absolute Gasteiger partial charge is 0.399 e. The third kappa shape index (κ3) is 2.14. The van der Waals surface area contributed by atoms with Crippen LogP contribution in [0.5, 0.6) is 0 Å². The smallest absolute Gasteiger partial charge is 0.106 e. The van der Waals surface area contributed by atoms with E-state index in [4.69, 9.17) is 5.41 Å². The summed E-state index contributed by atoms with van der Waals surface area (Å²) < 4.78 is 0. The standard InChI is InChI=1S/C7H13N3OS/c1-11-9-6-2-3-10(4-6)7(8)5-12/h8,12H,2-5H2,1H3/b8-7?,9-6-. The van der Waals surface area contributed by atoms with Crippen molar-refractivity contribution in [1.82, 2.24) is 4.90 Å². The lowest BCUT2D eigenvalue weighted by atomic mass is 10.3. The zero-order valence-corrected chi connectivity index (χ0v) is 7.97. The molecule has 0 atom stereocenters. The number of oxime groups is 1. The number of hydrogen-bond acceptors (Lipinski definition) is 4. The number of likely N-dealkylation sites (tertiary alicyclic amines) is 1. The second kappa shape index (κ2) is 4.35. The van der Waals surface area contributed by atoms with Crippen LogP contribution in [0, 0.1) is 5.41 Å². The first-order valence-electron chi connectivity index (χ1n) is 3.80. The predicted molar refractivity (Wildman–Crippen MR) is 52.2 cm³/mol. The summed E-state index contributed by atoms with van der Waals surface area (Å²) in [5.41, 5.74) is 1.00. The first-order chi connectivity index (χ1) is 5.77. The van der Waals surface area contributed by atoms with E-state index in [9.17, 15) is 0 Å². The van der Waals surface area contributed by atoms with Crippen molar-refractivity contribution in [3.8, 4) is 0 Å². The lowest BCUT2D eigenvalue weighted by molar-refractivity contribution is 0.212. The Morgan fingerprint density at radius 2 is 2.58 bits per heavy atom. The van der Waals surface area contributed by atoms with E-state index in [1.54, 1.807) is 7.11 Å². The Labute approximate surface area is 77.5 Å². The van der Waals surface area contributed by atoms with E-state index in [0.29, 0.717) is 18.1 Å². The molecule has 4 nitrogen and oxygen atoms in total. The lowest BCUT2D eigenvalue weighted by Gasteiger charge is -2.15. The molecule has 1 N–H and O–H groups in total. The third-order valence-corrected chi connectivity index (χ3v) is 2.10. The minimum Gasteiger partial charge on any atom is -0.399 e. The third-order valence-electron chi connectivity index (χ3n) is 1.80. The molecule has 12 heavy (non-hydrogen) atoms. The Bertz CT molecular complexity index is 205. The van der Waals surface area contributed by atoms with Crippen LogP contribution < -0.4 is 0 Å². The maximum atomic E-state index is 7.51. The van der Waals surface area contributed by atoms with Crippen LogP contribution in [-0.4, -0.2) is 42.4 Å². The molecular weight excluding hydrogens is 174 g/mol. The summed E-state index contributed by atoms with van der Waals surface area (Å²) in [5.74, 6) is 1.04. The Balaban J connectivity index is 2.45. The summed E-state index contributed by atoms with van der Waals surface area (Å²) >= 11 is 4.04. The fraction of sp³-hybridized carbons (Fsp3) is 0.714. The molecule has 0 aromatic carbocycles. The van der Waals surface area contributed by atoms with Crippen molar-refractivity contribution in [2.24, 2.45) is 5.16 Å². The molecule has 68 valence electrons. The lowest BCUT2D eigenvalue weighted by Crippen LogP contribution is -2.29. The van der Waals surface area contributed by atoms with Crippen LogP contribution in [0.4, 0.5) is 0 Å². The molecule has 1 saturated heterocycles. The van der Waals surface area contributed by atoms with Gasteiger partial charge in [-0.15, -0.1) is 0 Å². The number of hydrogen-bond donors (Lipinski definition) is 2. The summed E-state index contributed by atoms with van der Waals surface area (Å²) in [6.45, 7) is 1.58. The molecule has 0 aliphatic carbocycles. The summed E-state index contributed by atoms with van der Waals surface area (Å²) in [5, 5.41) is 11.4. The van der Waals surface area contributed by atoms with E-state index in [1.807, 2.05) is 4.90 Å². The number of nitrogens with one attached hydrogen (secondary N) is 1. The molecule has 0 bridgehead atoms. The summed E-state index contributed by atoms with van der Waals surface area (Å²) in [4.78, 5) is 6.61. The van der Waals surface area contributed by atoms with Gasteiger partial charge in [-0.05, 0) is 0 Å². The molecule has 5 heteroatoms. The van der Waals surface area contributed by atoms with Crippen LogP contribution in [-0.2, 0) is 4.84 Å². The van der Waals surface area contributed by atoms with Gasteiger partial charge < -0.3 is 9.74 Å². The summed E-state index contributed by atoms with van der Waals surface area (Å²) in [7, 11) is 1.54. The van der Waals surface area contributed by atoms with Crippen molar-refractivity contribution in [2.45, 2.75) is 6.42 Å². The maximum absolute atomic E-state index is 7.51. The van der Waals surface area contributed by atoms with E-state index in [-0.39, 0.29) is 0 Å². The van der Waals surface area contributed by atoms with Crippen molar-refractivity contribution in [3.63, 3.8) is 0 Å². The first-order valence-corrected chi connectivity index (χ1v) is 4.43. The van der Waals surface area contributed by atoms with E-state index >= 15 is 0 Å². The Hall–Kier alpha value is -0.710. The molecule has 0 aromatic heterocycles. The molecule has 1 aliphatic rings. The summed E-state index contributed by atoms with van der Waals surface area (Å²) in [6, 6.07) is 0. The second-order valence-corrected chi connectivity index (χ2v) is 2.93. The molecule has 0 radical (unpaired) electrons. The Morgan fingerprint density at radius 3 is 3.17 bits per heavy atom. The van der Waals surface area contributed by atoms with Crippen LogP contribution in [0.15, 0.2) is 5.16 Å². The van der Waals surface area contributed by atoms with E-state index in [2.05, 4.69) is 22.6 Å². The van der Waals surface area contributed by atoms with E-state index in [1.165, 1.54) is 0 Å². The van der Waals surface area contributed by atoms with Crippen molar-refractivity contribution < 1.29 is 4.84 Å². The first kappa shape index (κ1) is 9.38. The molecule has 0 aromatic rings. The fourth-order valence-corrected chi connectivity index (χ4v) is 1.38. The average molecular weight is 187 g/mol. The molecule has 0 spiro atoms. The van der Waals surface area contributed by atoms with Gasteiger partial charge in [-0.3, -0.25) is 5.41 Å². The van der Waals surface area contributed by atoms with Crippen LogP contribution in [0.3, 0.4) is 0 Å². The van der Waals surface area contributed by atoms with Gasteiger partial charge in [-0.1, -0.05) is 5.16 Å². The van der Waals surface area contributed by atoms with Gasteiger partial charge >= 0.3 is 0 Å². The second-order valence-electron chi connectivity index (χ2n) is 2.62. The summed E-state index contributed by atoms with van der Waals surface area (Å²) in [6.07, 6.45) is 0.893. The number of nitrogens with zero attached hydrogens (tertiary/aromatic N) is 2. The van der Waals surface area contributed by atoms with Gasteiger partial charge in [0.05, 0.1) is 12.3 Å². The number of amidine groups is 1. The quantitative estimate of drug-likeness (QED) is 0.288.